The van der Waals surface area contributed by atoms with Gasteiger partial charge in [0.2, 0.25) is 0 Å². The third kappa shape index (κ3) is 4.18. The van der Waals surface area contributed by atoms with Gasteiger partial charge in [-0.3, -0.25) is 4.79 Å². The Hall–Kier alpha value is -0.610. The maximum atomic E-state index is 10.5. The molecule has 0 aliphatic heterocycles. The van der Waals surface area contributed by atoms with Gasteiger partial charge in [-0.15, -0.1) is 23.5 Å². The van der Waals surface area contributed by atoms with Crippen molar-refractivity contribution in [3.63, 3.8) is 0 Å². The summed E-state index contributed by atoms with van der Waals surface area (Å²) in [6.07, 6.45) is 4.86. The third-order valence-corrected chi connectivity index (χ3v) is 3.45. The fraction of sp³-hybridized carbons (Fsp3) is 0.364. The van der Waals surface area contributed by atoms with E-state index in [2.05, 4.69) is 18.2 Å². The van der Waals surface area contributed by atoms with E-state index in [4.69, 9.17) is 5.11 Å². The SMILES string of the molecule is CSc1cc(CCC(=O)O)cc(SC)c1. The Bertz CT molecular complexity index is 328. The first kappa shape index (κ1) is 12.5. The third-order valence-electron chi connectivity index (χ3n) is 2.04. The molecular weight excluding hydrogens is 228 g/mol. The molecule has 0 radical (unpaired) electrons. The summed E-state index contributed by atoms with van der Waals surface area (Å²) in [5, 5.41) is 8.62. The topological polar surface area (TPSA) is 37.3 Å². The number of hydrogen-bond acceptors (Lipinski definition) is 3. The second-order valence-electron chi connectivity index (χ2n) is 3.11. The molecule has 0 spiro atoms. The van der Waals surface area contributed by atoms with Crippen LogP contribution in [0.2, 0.25) is 0 Å². The van der Waals surface area contributed by atoms with Crippen LogP contribution in [-0.2, 0) is 11.2 Å². The lowest BCUT2D eigenvalue weighted by Crippen LogP contribution is -1.97. The number of benzene rings is 1. The van der Waals surface area contributed by atoms with Crippen molar-refractivity contribution in [3.8, 4) is 0 Å². The van der Waals surface area contributed by atoms with Crippen molar-refractivity contribution in [1.82, 2.24) is 0 Å². The number of aryl methyl sites for hydroxylation is 1. The zero-order valence-corrected chi connectivity index (χ0v) is 10.5. The smallest absolute Gasteiger partial charge is 0.303 e. The molecule has 1 N–H and O–H groups in total. The molecule has 0 aliphatic rings. The Kier molecular flexibility index (Phi) is 5.05. The minimum Gasteiger partial charge on any atom is -0.481 e. The van der Waals surface area contributed by atoms with Gasteiger partial charge < -0.3 is 5.11 Å². The van der Waals surface area contributed by atoms with Crippen LogP contribution in [0.4, 0.5) is 0 Å². The van der Waals surface area contributed by atoms with Gasteiger partial charge in [-0.25, -0.2) is 0 Å². The zero-order chi connectivity index (χ0) is 11.3. The highest BCUT2D eigenvalue weighted by molar-refractivity contribution is 7.99. The highest BCUT2D eigenvalue weighted by Crippen LogP contribution is 2.25. The molecule has 0 amide bonds. The van der Waals surface area contributed by atoms with E-state index in [-0.39, 0.29) is 6.42 Å². The largest absolute Gasteiger partial charge is 0.481 e. The first-order chi connectivity index (χ1) is 7.15. The maximum Gasteiger partial charge on any atom is 0.303 e. The molecule has 0 saturated heterocycles. The predicted octanol–water partition coefficient (Wildman–Crippen LogP) is 3.15. The van der Waals surface area contributed by atoms with Crippen molar-refractivity contribution in [3.05, 3.63) is 23.8 Å². The average molecular weight is 242 g/mol. The van der Waals surface area contributed by atoms with Crippen molar-refractivity contribution in [1.29, 1.82) is 0 Å². The zero-order valence-electron chi connectivity index (χ0n) is 8.82. The second kappa shape index (κ2) is 6.08. The molecule has 1 rings (SSSR count). The molecule has 15 heavy (non-hydrogen) atoms. The van der Waals surface area contributed by atoms with Crippen molar-refractivity contribution in [2.45, 2.75) is 22.6 Å². The lowest BCUT2D eigenvalue weighted by molar-refractivity contribution is -0.136. The first-order valence-corrected chi connectivity index (χ1v) is 7.04. The number of thioether (sulfide) groups is 2. The van der Waals surface area contributed by atoms with Gasteiger partial charge in [0, 0.05) is 16.2 Å². The second-order valence-corrected chi connectivity index (χ2v) is 4.87. The molecule has 2 nitrogen and oxygen atoms in total. The number of rotatable bonds is 5. The molecule has 1 aromatic rings. The molecule has 0 fully saturated rings. The summed E-state index contributed by atoms with van der Waals surface area (Å²) in [4.78, 5) is 12.9. The van der Waals surface area contributed by atoms with Crippen LogP contribution in [0.5, 0.6) is 0 Å². The van der Waals surface area contributed by atoms with E-state index in [9.17, 15) is 4.79 Å². The Balaban J connectivity index is 2.81. The Labute approximate surface area is 98.5 Å². The molecule has 0 saturated carbocycles. The van der Waals surface area contributed by atoms with Crippen molar-refractivity contribution < 1.29 is 9.90 Å². The number of carboxylic acid groups (broad SMARTS) is 1. The van der Waals surface area contributed by atoms with Gasteiger partial charge in [0.05, 0.1) is 0 Å². The normalized spacial score (nSPS) is 10.3. The Morgan fingerprint density at radius 2 is 1.73 bits per heavy atom. The van der Waals surface area contributed by atoms with Crippen molar-refractivity contribution in [2.24, 2.45) is 0 Å². The maximum absolute atomic E-state index is 10.5. The van der Waals surface area contributed by atoms with Crippen LogP contribution in [0, 0.1) is 0 Å². The van der Waals surface area contributed by atoms with Crippen LogP contribution >= 0.6 is 23.5 Å². The Morgan fingerprint density at radius 1 is 1.20 bits per heavy atom. The highest BCUT2D eigenvalue weighted by atomic mass is 32.2. The highest BCUT2D eigenvalue weighted by Gasteiger charge is 2.03. The van der Waals surface area contributed by atoms with Crippen LogP contribution in [0.15, 0.2) is 28.0 Å². The van der Waals surface area contributed by atoms with Crippen LogP contribution in [0.1, 0.15) is 12.0 Å². The number of carboxylic acids is 1. The average Bonchev–Trinajstić information content (AvgIpc) is 2.25. The molecule has 0 bridgehead atoms. The Morgan fingerprint density at radius 3 is 2.13 bits per heavy atom. The fourth-order valence-corrected chi connectivity index (χ4v) is 2.36. The molecule has 0 aliphatic carbocycles. The molecule has 0 aromatic heterocycles. The van der Waals surface area contributed by atoms with Gasteiger partial charge in [0.15, 0.2) is 0 Å². The van der Waals surface area contributed by atoms with Crippen LogP contribution in [0.3, 0.4) is 0 Å². The fourth-order valence-electron chi connectivity index (χ4n) is 1.26. The molecule has 0 unspecified atom stereocenters. The van der Waals surface area contributed by atoms with Gasteiger partial charge in [0.25, 0.3) is 0 Å². The molecule has 0 atom stereocenters. The molecule has 0 heterocycles. The summed E-state index contributed by atoms with van der Waals surface area (Å²) in [6.45, 7) is 0. The standard InChI is InChI=1S/C11H14O2S2/c1-14-9-5-8(3-4-11(12)13)6-10(7-9)15-2/h5-7H,3-4H2,1-2H3,(H,12,13). The minimum atomic E-state index is -0.741. The van der Waals surface area contributed by atoms with E-state index in [1.807, 2.05) is 12.5 Å². The summed E-state index contributed by atoms with van der Waals surface area (Å²) in [5.74, 6) is -0.741. The van der Waals surface area contributed by atoms with E-state index >= 15 is 0 Å². The minimum absolute atomic E-state index is 0.200. The van der Waals surface area contributed by atoms with Gasteiger partial charge in [-0.2, -0.15) is 0 Å². The van der Waals surface area contributed by atoms with Crippen molar-refractivity contribution in [2.75, 3.05) is 12.5 Å². The summed E-state index contributed by atoms with van der Waals surface area (Å²) in [7, 11) is 0. The van der Waals surface area contributed by atoms with E-state index in [1.54, 1.807) is 23.5 Å². The summed E-state index contributed by atoms with van der Waals surface area (Å²) >= 11 is 3.37. The summed E-state index contributed by atoms with van der Waals surface area (Å²) in [6, 6.07) is 6.25. The number of hydrogen-bond donors (Lipinski definition) is 1. The van der Waals surface area contributed by atoms with E-state index in [0.29, 0.717) is 6.42 Å². The van der Waals surface area contributed by atoms with E-state index in [0.717, 1.165) is 5.56 Å². The molecule has 82 valence electrons. The lowest BCUT2D eigenvalue weighted by atomic mass is 10.1. The first-order valence-electron chi connectivity index (χ1n) is 4.59. The van der Waals surface area contributed by atoms with Gasteiger partial charge in [0.1, 0.15) is 0 Å². The van der Waals surface area contributed by atoms with Gasteiger partial charge in [-0.05, 0) is 42.7 Å². The van der Waals surface area contributed by atoms with E-state index < -0.39 is 5.97 Å². The van der Waals surface area contributed by atoms with Gasteiger partial charge in [-0.1, -0.05) is 0 Å². The van der Waals surface area contributed by atoms with Crippen LogP contribution in [-0.4, -0.2) is 23.6 Å². The molecule has 1 aromatic carbocycles. The van der Waals surface area contributed by atoms with Crippen molar-refractivity contribution >= 4 is 29.5 Å². The van der Waals surface area contributed by atoms with Gasteiger partial charge >= 0.3 is 5.97 Å². The predicted molar refractivity (Wildman–Crippen MR) is 66.0 cm³/mol. The lowest BCUT2D eigenvalue weighted by Gasteiger charge is -2.05. The number of carbonyl (C=O) groups is 1. The van der Waals surface area contributed by atoms with E-state index in [1.165, 1.54) is 9.79 Å². The monoisotopic (exact) mass is 242 g/mol. The molecular formula is C11H14O2S2. The quantitative estimate of drug-likeness (QED) is 0.805. The molecule has 4 heteroatoms. The van der Waals surface area contributed by atoms with Crippen LogP contribution < -0.4 is 0 Å². The summed E-state index contributed by atoms with van der Waals surface area (Å²) < 4.78 is 0. The summed E-state index contributed by atoms with van der Waals surface area (Å²) in [5.41, 5.74) is 1.11. The van der Waals surface area contributed by atoms with Crippen LogP contribution in [0.25, 0.3) is 0 Å². The number of aliphatic carboxylic acids is 1.